The van der Waals surface area contributed by atoms with Gasteiger partial charge in [-0.3, -0.25) is 9.59 Å². The van der Waals surface area contributed by atoms with Crippen molar-refractivity contribution in [2.45, 2.75) is 253 Å². The molecule has 0 radical (unpaired) electrons. The van der Waals surface area contributed by atoms with Gasteiger partial charge in [-0.2, -0.15) is 0 Å². The van der Waals surface area contributed by atoms with Gasteiger partial charge in [0.2, 0.25) is 0 Å². The summed E-state index contributed by atoms with van der Waals surface area (Å²) in [5, 5.41) is 12.2. The Bertz CT molecular complexity index is 2230. The largest absolute Gasteiger partial charge is 1.00 e. The average Bonchev–Trinajstić information content (AvgIpc) is 4.09. The zero-order valence-electron chi connectivity index (χ0n) is 50.5. The van der Waals surface area contributed by atoms with E-state index < -0.39 is 22.6 Å². The predicted octanol–water partition coefficient (Wildman–Crippen LogP) is 16.5. The van der Waals surface area contributed by atoms with Gasteiger partial charge < -0.3 is 29.6 Å². The molecule has 2 saturated carbocycles. The maximum absolute atomic E-state index is 11.4. The number of thiophene rings is 2. The predicted molar refractivity (Wildman–Crippen MR) is 332 cm³/mol. The van der Waals surface area contributed by atoms with Crippen LogP contribution in [0, 0.1) is 35.5 Å². The summed E-state index contributed by atoms with van der Waals surface area (Å²) < 4.78 is 21.8. The van der Waals surface area contributed by atoms with Crippen molar-refractivity contribution in [1.82, 2.24) is 0 Å². The van der Waals surface area contributed by atoms with E-state index in [1.165, 1.54) is 108 Å². The number of methoxy groups -OCH3 is 1. The van der Waals surface area contributed by atoms with Gasteiger partial charge in [0.05, 0.1) is 7.11 Å². The van der Waals surface area contributed by atoms with E-state index in [2.05, 4.69) is 156 Å². The van der Waals surface area contributed by atoms with Crippen LogP contribution in [0.3, 0.4) is 0 Å². The number of esters is 1. The van der Waals surface area contributed by atoms with Crippen LogP contribution >= 0.6 is 22.7 Å². The first-order chi connectivity index (χ1) is 34.3. The molecule has 2 heterocycles. The Balaban J connectivity index is 0.000000732. The minimum Gasteiger partial charge on any atom is -0.870 e. The van der Waals surface area contributed by atoms with Gasteiger partial charge in [0, 0.05) is 44.2 Å². The molecule has 4 N–H and O–H groups in total. The summed E-state index contributed by atoms with van der Waals surface area (Å²) in [6, 6.07) is 22.4. The number of ether oxygens (including phenoxy) is 1. The summed E-state index contributed by atoms with van der Waals surface area (Å²) in [4.78, 5) is 25.3. The third-order valence-electron chi connectivity index (χ3n) is 18.5. The molecule has 0 bridgehead atoms. The average molecular weight is 1130 g/mol. The molecule has 2 aliphatic carbocycles. The van der Waals surface area contributed by atoms with E-state index >= 15 is 0 Å². The fourth-order valence-corrected chi connectivity index (χ4v) is 16.8. The van der Waals surface area contributed by atoms with E-state index in [0.29, 0.717) is 60.6 Å². The van der Waals surface area contributed by atoms with Crippen molar-refractivity contribution < 1.29 is 58.1 Å². The zero-order valence-corrected chi connectivity index (χ0v) is 54.2. The Morgan fingerprint density at radius 2 is 0.974 bits per heavy atom. The summed E-state index contributed by atoms with van der Waals surface area (Å²) in [6.45, 7) is 33.5. The minimum atomic E-state index is -1.82. The summed E-state index contributed by atoms with van der Waals surface area (Å²) in [7, 11) is -2.16. The van der Waals surface area contributed by atoms with Gasteiger partial charge >= 0.3 is 30.8 Å². The van der Waals surface area contributed by atoms with Gasteiger partial charge in [0.1, 0.15) is 0 Å². The first-order valence-corrected chi connectivity index (χ1v) is 36.4. The van der Waals surface area contributed by atoms with Crippen LogP contribution in [0.4, 0.5) is 0 Å². The quantitative estimate of drug-likeness (QED) is 0.0374. The molecule has 2 aromatic carbocycles. The molecule has 2 aromatic heterocycles. The number of rotatable bonds is 26. The fourth-order valence-electron chi connectivity index (χ4n) is 11.8. The van der Waals surface area contributed by atoms with Crippen molar-refractivity contribution >= 4 is 71.4 Å². The molecule has 13 heteroatoms. The summed E-state index contributed by atoms with van der Waals surface area (Å²) in [5.41, 5.74) is 0. The van der Waals surface area contributed by atoms with E-state index in [0.717, 1.165) is 43.9 Å². The monoisotopic (exact) mass is 1130 g/mol. The van der Waals surface area contributed by atoms with Crippen molar-refractivity contribution in [3.8, 4) is 0 Å². The molecule has 2 fully saturated rings. The van der Waals surface area contributed by atoms with Gasteiger partial charge in [-0.15, -0.1) is 22.7 Å². The van der Waals surface area contributed by atoms with Gasteiger partial charge in [-0.1, -0.05) is 152 Å². The van der Waals surface area contributed by atoms with Crippen LogP contribution in [0.25, 0.3) is 20.2 Å². The molecule has 0 unspecified atom stereocenters. The van der Waals surface area contributed by atoms with Crippen LogP contribution in [0.2, 0.25) is 36.3 Å². The van der Waals surface area contributed by atoms with E-state index in [4.69, 9.17) is 18.7 Å². The van der Waals surface area contributed by atoms with Crippen LogP contribution < -0.4 is 18.9 Å². The van der Waals surface area contributed by atoms with Crippen molar-refractivity contribution in [2.24, 2.45) is 35.5 Å². The number of carboxylic acids is 1. The first kappa shape index (κ1) is 73.2. The summed E-state index contributed by atoms with van der Waals surface area (Å²) in [6.07, 6.45) is 20.2. The van der Waals surface area contributed by atoms with Crippen molar-refractivity contribution in [3.63, 3.8) is 0 Å². The van der Waals surface area contributed by atoms with Crippen LogP contribution in [-0.4, -0.2) is 64.0 Å². The molecule has 0 aliphatic heterocycles. The standard InChI is InChI=1S/C32H52O3SSi.C31H50O3SSi.CH4.Li.2H2O/c1-23(30-22-25-15-13-14-17-29(25)36-30)19-20-26-24(2)21-28(35-37(7,8)32(3,4)5)27(26)16-11-9-10-12-18-31(33)34-6;1-22(29-21-24-14-12-13-16-28(24)35-29)18-19-25-23(2)20-27(34-36(6,7)31(3,4)5)26(25)15-10-8-9-11-17-30(32)33;;;;/h13-15,17,22-24,26-28H,9-12,16,18-21H2,1-8H3;12-14,16,21-23,25-27H,8-11,15,17-20H2,1-7H3,(H,32,33);1H4;;2*1H2/q;;;+1;;/p-1/t23-,24-,26+,27-,28+;22-,23-,25+,26-,27+;;;;/m11..../s1. The number of aliphatic carboxylic acids is 1. The van der Waals surface area contributed by atoms with Crippen LogP contribution in [0.15, 0.2) is 60.7 Å². The zero-order chi connectivity index (χ0) is 53.7. The van der Waals surface area contributed by atoms with Crippen LogP contribution in [0.5, 0.6) is 0 Å². The molecule has 8 nitrogen and oxygen atoms in total. The van der Waals surface area contributed by atoms with Crippen LogP contribution in [0.1, 0.15) is 214 Å². The fraction of sp³-hybridized carbons (Fsp3) is 0.719. The molecule has 4 aromatic rings. The molecule has 0 amide bonds. The number of unbranched alkanes of at least 4 members (excludes halogenated alkanes) is 6. The molecular formula is C64H109LiO8S2Si2. The third-order valence-corrected chi connectivity index (χ3v) is 30.2. The summed E-state index contributed by atoms with van der Waals surface area (Å²) >= 11 is 3.94. The number of carbonyl (C=O) groups is 2. The Morgan fingerprint density at radius 1 is 0.610 bits per heavy atom. The second-order valence-corrected chi connectivity index (χ2v) is 37.9. The van der Waals surface area contributed by atoms with E-state index in [1.807, 2.05) is 22.7 Å². The first-order valence-electron chi connectivity index (χ1n) is 28.9. The van der Waals surface area contributed by atoms with Gasteiger partial charge in [-0.05, 0) is 183 Å². The van der Waals surface area contributed by atoms with E-state index in [-0.39, 0.29) is 53.3 Å². The second-order valence-electron chi connectivity index (χ2n) is 26.1. The minimum absolute atomic E-state index is 0. The molecule has 6 rings (SSSR count). The normalized spacial score (nSPS) is 22.4. The maximum Gasteiger partial charge on any atom is 1.00 e. The number of hydrogen-bond acceptors (Lipinski definition) is 8. The maximum atomic E-state index is 11.4. The molecule has 434 valence electrons. The summed E-state index contributed by atoms with van der Waals surface area (Å²) in [5.74, 6) is 4.59. The number of hydrogen-bond donors (Lipinski definition) is 1. The molecule has 10 atom stereocenters. The Kier molecular flexibility index (Phi) is 31.7. The van der Waals surface area contributed by atoms with Gasteiger partial charge in [-0.25, -0.2) is 0 Å². The van der Waals surface area contributed by atoms with Gasteiger partial charge in [0.25, 0.3) is 0 Å². The van der Waals surface area contributed by atoms with Gasteiger partial charge in [0.15, 0.2) is 16.6 Å². The smallest absolute Gasteiger partial charge is 0.870 e. The molecule has 0 saturated heterocycles. The second kappa shape index (κ2) is 33.3. The van der Waals surface area contributed by atoms with Crippen molar-refractivity contribution in [3.05, 3.63) is 70.4 Å². The topological polar surface area (TPSA) is 144 Å². The SMILES string of the molecule is C.COC(=O)CCCCCC[C@@H]1[C@@H](CC[C@@H](C)c2cc3ccccc3s2)[C@H](C)C[C@@H]1O[Si](C)(C)C(C)(C)C.C[C@H](CC[C@@H]1[C@@H](CCCCCCC(=O)O)[C@@H](O[Si](C)(C)C(C)(C)C)C[C@H]1C)c1cc2ccccc2s1.O.[Li+].[OH-]. The Hall–Kier alpha value is -1.83. The van der Waals surface area contributed by atoms with Crippen molar-refractivity contribution in [2.75, 3.05) is 7.11 Å². The third kappa shape index (κ3) is 21.5. The Labute approximate surface area is 491 Å². The number of carboxylic acid groups (broad SMARTS) is 1. The van der Waals surface area contributed by atoms with E-state index in [9.17, 15) is 9.59 Å². The molecule has 0 spiro atoms. The van der Waals surface area contributed by atoms with Crippen LogP contribution in [-0.2, 0) is 23.2 Å². The number of benzene rings is 2. The molecule has 2 aliphatic rings. The number of fused-ring (bicyclic) bond motifs is 2. The Morgan fingerprint density at radius 3 is 1.32 bits per heavy atom. The number of carbonyl (C=O) groups excluding carboxylic acids is 1. The van der Waals surface area contributed by atoms with Crippen molar-refractivity contribution in [1.29, 1.82) is 0 Å². The molecule has 77 heavy (non-hydrogen) atoms. The van der Waals surface area contributed by atoms with E-state index in [1.54, 1.807) is 0 Å². The molecular weight excluding hydrogens is 1020 g/mol.